The molecule has 3 heterocycles. The first-order valence-electron chi connectivity index (χ1n) is 11.1. The minimum absolute atomic E-state index is 0.0952. The van der Waals surface area contributed by atoms with Gasteiger partial charge < -0.3 is 19.7 Å². The van der Waals surface area contributed by atoms with Crippen LogP contribution in [0.3, 0.4) is 0 Å². The van der Waals surface area contributed by atoms with Crippen molar-refractivity contribution in [3.63, 3.8) is 0 Å². The van der Waals surface area contributed by atoms with Gasteiger partial charge in [-0.25, -0.2) is 9.50 Å². The molecule has 1 saturated heterocycles. The van der Waals surface area contributed by atoms with Gasteiger partial charge in [0.1, 0.15) is 11.3 Å². The third kappa shape index (κ3) is 5.87. The maximum atomic E-state index is 13.3. The normalized spacial score (nSPS) is 16.9. The van der Waals surface area contributed by atoms with Crippen LogP contribution < -0.4 is 10.1 Å². The van der Waals surface area contributed by atoms with Gasteiger partial charge in [-0.05, 0) is 44.5 Å². The van der Waals surface area contributed by atoms with E-state index in [-0.39, 0.29) is 24.3 Å². The minimum Gasteiger partial charge on any atom is -0.484 e. The zero-order valence-corrected chi connectivity index (χ0v) is 18.9. The molecule has 1 aliphatic heterocycles. The van der Waals surface area contributed by atoms with Crippen LogP contribution in [0, 0.1) is 5.92 Å². The van der Waals surface area contributed by atoms with Crippen LogP contribution in [0.5, 0.6) is 5.75 Å². The summed E-state index contributed by atoms with van der Waals surface area (Å²) in [5.74, 6) is 0.200. The smallest absolute Gasteiger partial charge is 0.258 e. The molecule has 0 radical (unpaired) electrons. The van der Waals surface area contributed by atoms with Gasteiger partial charge in [-0.2, -0.15) is 5.10 Å². The van der Waals surface area contributed by atoms with Crippen molar-refractivity contribution in [2.75, 3.05) is 32.9 Å². The molecule has 174 valence electrons. The summed E-state index contributed by atoms with van der Waals surface area (Å²) < 4.78 is 13.0. The van der Waals surface area contributed by atoms with Crippen LogP contribution in [0.2, 0.25) is 0 Å². The molecule has 1 aromatic carbocycles. The minimum atomic E-state index is -1.07. The number of carbonyl (C=O) groups is 2. The Bertz CT molecular complexity index is 1100. The predicted molar refractivity (Wildman–Crippen MR) is 122 cm³/mol. The first-order valence-corrected chi connectivity index (χ1v) is 11.1. The zero-order valence-electron chi connectivity index (χ0n) is 18.9. The molecule has 1 aliphatic rings. The van der Waals surface area contributed by atoms with E-state index in [4.69, 9.17) is 9.47 Å². The van der Waals surface area contributed by atoms with Gasteiger partial charge in [0.25, 0.3) is 5.91 Å². The molecule has 2 amide bonds. The molecule has 2 aromatic heterocycles. The highest BCUT2D eigenvalue weighted by Gasteiger charge is 2.35. The molecule has 0 saturated carbocycles. The van der Waals surface area contributed by atoms with Crippen molar-refractivity contribution >= 4 is 17.5 Å². The number of nitrogens with zero attached hydrogens (tertiary/aromatic N) is 4. The summed E-state index contributed by atoms with van der Waals surface area (Å²) in [5.41, 5.74) is 0.635. The molecule has 1 N–H and O–H groups in total. The molecule has 0 aliphatic carbocycles. The zero-order chi connectivity index (χ0) is 23.3. The van der Waals surface area contributed by atoms with E-state index in [0.29, 0.717) is 38.5 Å². The summed E-state index contributed by atoms with van der Waals surface area (Å²) in [5, 5.41) is 7.39. The summed E-state index contributed by atoms with van der Waals surface area (Å²) in [4.78, 5) is 31.7. The molecule has 1 unspecified atom stereocenters. The molecule has 3 aromatic rings. The average Bonchev–Trinajstić information content (AvgIpc) is 3.15. The lowest BCUT2D eigenvalue weighted by Gasteiger charge is -2.33. The van der Waals surface area contributed by atoms with Gasteiger partial charge in [-0.1, -0.05) is 18.2 Å². The first kappa shape index (κ1) is 22.7. The van der Waals surface area contributed by atoms with Crippen molar-refractivity contribution in [1.82, 2.24) is 24.8 Å². The number of carbonyl (C=O) groups excluding carboxylic acids is 2. The number of hydrogen-bond acceptors (Lipinski definition) is 6. The van der Waals surface area contributed by atoms with Crippen LogP contribution >= 0.6 is 0 Å². The van der Waals surface area contributed by atoms with E-state index < -0.39 is 5.54 Å². The van der Waals surface area contributed by atoms with Gasteiger partial charge >= 0.3 is 0 Å². The Morgan fingerprint density at radius 1 is 1.21 bits per heavy atom. The standard InChI is InChI=1S/C24H29N5O4/c1-24(2,26-22(30)17-33-20-6-4-3-5-7-20)23(31)28-12-13-32-16-18(15-28)14-19-8-9-21-25-10-11-29(21)27-19/h3-11,18H,12-17H2,1-2H3,(H,26,30). The van der Waals surface area contributed by atoms with Crippen molar-refractivity contribution in [2.24, 2.45) is 5.92 Å². The molecular formula is C24H29N5O4. The van der Waals surface area contributed by atoms with Gasteiger partial charge in [0, 0.05) is 31.4 Å². The van der Waals surface area contributed by atoms with E-state index in [1.165, 1.54) is 0 Å². The van der Waals surface area contributed by atoms with Crippen molar-refractivity contribution in [3.8, 4) is 5.75 Å². The molecule has 9 nitrogen and oxygen atoms in total. The number of rotatable bonds is 7. The van der Waals surface area contributed by atoms with Crippen LogP contribution in [-0.4, -0.2) is 69.8 Å². The molecule has 4 rings (SSSR count). The molecule has 0 spiro atoms. The fraction of sp³-hybridized carbons (Fsp3) is 0.417. The average molecular weight is 452 g/mol. The van der Waals surface area contributed by atoms with Crippen LogP contribution in [0.15, 0.2) is 54.9 Å². The van der Waals surface area contributed by atoms with Crippen LogP contribution in [0.25, 0.3) is 5.65 Å². The van der Waals surface area contributed by atoms with E-state index in [0.717, 1.165) is 11.3 Å². The Hall–Kier alpha value is -3.46. The number of aromatic nitrogens is 3. The van der Waals surface area contributed by atoms with E-state index >= 15 is 0 Å². The van der Waals surface area contributed by atoms with Gasteiger partial charge in [-0.3, -0.25) is 9.59 Å². The molecule has 9 heteroatoms. The molecule has 0 bridgehead atoms. The lowest BCUT2D eigenvalue weighted by Crippen LogP contribution is -2.57. The van der Waals surface area contributed by atoms with Crippen LogP contribution in [0.1, 0.15) is 19.5 Å². The Kier molecular flexibility index (Phi) is 6.88. The highest BCUT2D eigenvalue weighted by Crippen LogP contribution is 2.17. The van der Waals surface area contributed by atoms with Crippen molar-refractivity contribution in [1.29, 1.82) is 0 Å². The number of hydrogen-bond donors (Lipinski definition) is 1. The monoisotopic (exact) mass is 451 g/mol. The number of amides is 2. The second kappa shape index (κ2) is 9.99. The lowest BCUT2D eigenvalue weighted by molar-refractivity contribution is -0.141. The highest BCUT2D eigenvalue weighted by molar-refractivity contribution is 5.91. The number of para-hydroxylation sites is 1. The number of ether oxygens (including phenoxy) is 2. The van der Waals surface area contributed by atoms with Gasteiger partial charge in [0.05, 0.1) is 18.9 Å². The summed E-state index contributed by atoms with van der Waals surface area (Å²) in [7, 11) is 0. The fourth-order valence-electron chi connectivity index (χ4n) is 3.95. The Morgan fingerprint density at radius 3 is 2.85 bits per heavy atom. The van der Waals surface area contributed by atoms with Gasteiger partial charge in [0.15, 0.2) is 12.3 Å². The summed E-state index contributed by atoms with van der Waals surface area (Å²) in [6, 6.07) is 13.0. The van der Waals surface area contributed by atoms with Crippen LogP contribution in [-0.2, 0) is 20.7 Å². The summed E-state index contributed by atoms with van der Waals surface area (Å²) >= 11 is 0. The van der Waals surface area contributed by atoms with Crippen LogP contribution in [0.4, 0.5) is 0 Å². The Balaban J connectivity index is 1.35. The lowest BCUT2D eigenvalue weighted by atomic mass is 10.00. The SMILES string of the molecule is CC(C)(NC(=O)COc1ccccc1)C(=O)N1CCOCC(Cc2ccc3nccn3n2)C1. The third-order valence-corrected chi connectivity index (χ3v) is 5.53. The second-order valence-corrected chi connectivity index (χ2v) is 8.73. The topological polar surface area (TPSA) is 98.1 Å². The van der Waals surface area contributed by atoms with E-state index in [2.05, 4.69) is 15.4 Å². The predicted octanol–water partition coefficient (Wildman–Crippen LogP) is 1.72. The highest BCUT2D eigenvalue weighted by atomic mass is 16.5. The van der Waals surface area contributed by atoms with Gasteiger partial charge in [-0.15, -0.1) is 0 Å². The largest absolute Gasteiger partial charge is 0.484 e. The number of imidazole rings is 1. The Morgan fingerprint density at radius 2 is 2.03 bits per heavy atom. The maximum Gasteiger partial charge on any atom is 0.258 e. The van der Waals surface area contributed by atoms with Gasteiger partial charge in [0.2, 0.25) is 5.91 Å². The Labute approximate surface area is 192 Å². The second-order valence-electron chi connectivity index (χ2n) is 8.73. The molecule has 1 atom stereocenters. The van der Waals surface area contributed by atoms with Crippen molar-refractivity contribution in [2.45, 2.75) is 25.8 Å². The van der Waals surface area contributed by atoms with E-state index in [1.807, 2.05) is 36.5 Å². The molecule has 33 heavy (non-hydrogen) atoms. The van der Waals surface area contributed by atoms with Crippen molar-refractivity contribution in [3.05, 3.63) is 60.6 Å². The first-order chi connectivity index (χ1) is 15.9. The third-order valence-electron chi connectivity index (χ3n) is 5.53. The summed E-state index contributed by atoms with van der Waals surface area (Å²) in [6.45, 7) is 5.28. The number of benzene rings is 1. The number of nitrogens with one attached hydrogen (secondary N) is 1. The summed E-state index contributed by atoms with van der Waals surface area (Å²) in [6.07, 6.45) is 4.20. The molecule has 1 fully saturated rings. The quantitative estimate of drug-likeness (QED) is 0.587. The maximum absolute atomic E-state index is 13.3. The van der Waals surface area contributed by atoms with E-state index in [9.17, 15) is 9.59 Å². The van der Waals surface area contributed by atoms with Crippen molar-refractivity contribution < 1.29 is 19.1 Å². The number of fused-ring (bicyclic) bond motifs is 1. The van der Waals surface area contributed by atoms with E-state index in [1.54, 1.807) is 41.6 Å². The fourth-order valence-corrected chi connectivity index (χ4v) is 3.95. The molecular weight excluding hydrogens is 422 g/mol.